The van der Waals surface area contributed by atoms with E-state index in [1.807, 2.05) is 12.1 Å². The van der Waals surface area contributed by atoms with Crippen LogP contribution in [-0.4, -0.2) is 22.0 Å². The lowest BCUT2D eigenvalue weighted by Crippen LogP contribution is -2.33. The van der Waals surface area contributed by atoms with E-state index in [4.69, 9.17) is 0 Å². The van der Waals surface area contributed by atoms with E-state index in [-0.39, 0.29) is 0 Å². The molecule has 2 atom stereocenters. The second-order valence-corrected chi connectivity index (χ2v) is 6.69. The molecule has 0 aliphatic heterocycles. The molecule has 1 heterocycles. The first-order valence-corrected chi connectivity index (χ1v) is 8.10. The minimum absolute atomic E-state index is 0.667. The third-order valence-electron chi connectivity index (χ3n) is 3.15. The zero-order valence-corrected chi connectivity index (χ0v) is 12.6. The van der Waals surface area contributed by atoms with Crippen molar-refractivity contribution in [1.82, 2.24) is 10.3 Å². The van der Waals surface area contributed by atoms with Gasteiger partial charge in [0.05, 0.1) is 5.69 Å². The first-order chi connectivity index (χ1) is 8.29. The van der Waals surface area contributed by atoms with Crippen molar-refractivity contribution in [3.05, 3.63) is 28.5 Å². The summed E-state index contributed by atoms with van der Waals surface area (Å²) in [5, 5.41) is 4.45. The topological polar surface area (TPSA) is 24.9 Å². The number of thioether (sulfide) groups is 1. The zero-order valence-electron chi connectivity index (χ0n) is 10.2. The van der Waals surface area contributed by atoms with Gasteiger partial charge in [-0.2, -0.15) is 11.8 Å². The highest BCUT2D eigenvalue weighted by Gasteiger charge is 2.26. The van der Waals surface area contributed by atoms with Gasteiger partial charge in [-0.25, -0.2) is 4.98 Å². The van der Waals surface area contributed by atoms with Gasteiger partial charge in [-0.15, -0.1) is 0 Å². The van der Waals surface area contributed by atoms with Crippen molar-refractivity contribution >= 4 is 27.7 Å². The minimum Gasteiger partial charge on any atom is -0.307 e. The van der Waals surface area contributed by atoms with Crippen LogP contribution in [0.15, 0.2) is 22.8 Å². The smallest absolute Gasteiger partial charge is 0.106 e. The minimum atomic E-state index is 0.667. The van der Waals surface area contributed by atoms with Crippen molar-refractivity contribution in [3.8, 4) is 0 Å². The fourth-order valence-corrected chi connectivity index (χ4v) is 3.96. The molecular weight excluding hydrogens is 296 g/mol. The summed E-state index contributed by atoms with van der Waals surface area (Å²) in [5.41, 5.74) is 1.12. The van der Waals surface area contributed by atoms with Gasteiger partial charge in [0, 0.05) is 17.8 Å². The average molecular weight is 315 g/mol. The molecule has 1 aliphatic rings. The van der Waals surface area contributed by atoms with Crippen molar-refractivity contribution in [2.24, 2.45) is 0 Å². The predicted octanol–water partition coefficient (Wildman–Crippen LogP) is 3.61. The summed E-state index contributed by atoms with van der Waals surface area (Å²) in [7, 11) is 0. The molecule has 4 heteroatoms. The molecule has 1 aromatic heterocycles. The number of halogens is 1. The van der Waals surface area contributed by atoms with Crippen LogP contribution < -0.4 is 5.32 Å². The molecule has 1 N–H and O–H groups in total. The highest BCUT2D eigenvalue weighted by molar-refractivity contribution is 9.10. The van der Waals surface area contributed by atoms with Gasteiger partial charge in [0.15, 0.2) is 0 Å². The molecule has 2 unspecified atom stereocenters. The van der Waals surface area contributed by atoms with Crippen LogP contribution in [0.5, 0.6) is 0 Å². The third kappa shape index (κ3) is 3.97. The summed E-state index contributed by atoms with van der Waals surface area (Å²) in [5.74, 6) is 1.22. The molecule has 0 bridgehead atoms. The highest BCUT2D eigenvalue weighted by atomic mass is 79.9. The average Bonchev–Trinajstić information content (AvgIpc) is 2.75. The molecule has 1 aliphatic carbocycles. The van der Waals surface area contributed by atoms with Crippen molar-refractivity contribution in [2.75, 3.05) is 5.75 Å². The molecule has 1 aromatic rings. The van der Waals surface area contributed by atoms with E-state index in [0.717, 1.165) is 22.1 Å². The van der Waals surface area contributed by atoms with Gasteiger partial charge in [0.25, 0.3) is 0 Å². The second-order valence-electron chi connectivity index (χ2n) is 4.36. The molecule has 2 rings (SSSR count). The fourth-order valence-electron chi connectivity index (χ4n) is 2.36. The number of nitrogens with zero attached hydrogens (tertiary/aromatic N) is 1. The number of hydrogen-bond donors (Lipinski definition) is 1. The Balaban J connectivity index is 1.85. The summed E-state index contributed by atoms with van der Waals surface area (Å²) in [6.07, 6.45) is 4.04. The van der Waals surface area contributed by atoms with E-state index in [2.05, 4.69) is 51.0 Å². The predicted molar refractivity (Wildman–Crippen MR) is 78.3 cm³/mol. The molecule has 2 nitrogen and oxygen atoms in total. The van der Waals surface area contributed by atoms with E-state index >= 15 is 0 Å². The number of nitrogens with one attached hydrogen (secondary N) is 1. The third-order valence-corrected chi connectivity index (χ3v) is 4.92. The molecule has 17 heavy (non-hydrogen) atoms. The SMILES string of the molecule is CCSC1CCCC1NCc1cccc(Br)n1. The molecule has 0 saturated heterocycles. The van der Waals surface area contributed by atoms with E-state index in [1.54, 1.807) is 0 Å². The summed E-state index contributed by atoms with van der Waals surface area (Å²) in [6.45, 7) is 3.13. The quantitative estimate of drug-likeness (QED) is 0.840. The van der Waals surface area contributed by atoms with E-state index < -0.39 is 0 Å². The van der Waals surface area contributed by atoms with Gasteiger partial charge < -0.3 is 5.32 Å². The molecule has 0 radical (unpaired) electrons. The highest BCUT2D eigenvalue weighted by Crippen LogP contribution is 2.29. The fraction of sp³-hybridized carbons (Fsp3) is 0.615. The maximum Gasteiger partial charge on any atom is 0.106 e. The van der Waals surface area contributed by atoms with Gasteiger partial charge >= 0.3 is 0 Å². The van der Waals surface area contributed by atoms with E-state index in [1.165, 1.54) is 25.0 Å². The van der Waals surface area contributed by atoms with Gasteiger partial charge in [-0.3, -0.25) is 0 Å². The Kier molecular flexibility index (Phi) is 5.32. The van der Waals surface area contributed by atoms with Crippen LogP contribution in [0.4, 0.5) is 0 Å². The largest absolute Gasteiger partial charge is 0.307 e. The summed E-state index contributed by atoms with van der Waals surface area (Å²) in [4.78, 5) is 4.45. The van der Waals surface area contributed by atoms with Gasteiger partial charge in [0.1, 0.15) is 4.60 Å². The standard InChI is InChI=1S/C13H19BrN2S/c1-2-17-12-7-4-6-11(12)15-9-10-5-3-8-13(14)16-10/h3,5,8,11-12,15H,2,4,6-7,9H2,1H3. The Morgan fingerprint density at radius 1 is 1.47 bits per heavy atom. The van der Waals surface area contributed by atoms with Crippen LogP contribution in [0.1, 0.15) is 31.9 Å². The Morgan fingerprint density at radius 3 is 3.12 bits per heavy atom. The number of hydrogen-bond acceptors (Lipinski definition) is 3. The van der Waals surface area contributed by atoms with E-state index in [9.17, 15) is 0 Å². The maximum absolute atomic E-state index is 4.45. The lowest BCUT2D eigenvalue weighted by molar-refractivity contribution is 0.527. The van der Waals surface area contributed by atoms with Crippen LogP contribution >= 0.6 is 27.7 Å². The van der Waals surface area contributed by atoms with Gasteiger partial charge in [-0.1, -0.05) is 19.4 Å². The maximum atomic E-state index is 4.45. The Labute approximate surface area is 116 Å². The van der Waals surface area contributed by atoms with Crippen LogP contribution in [-0.2, 0) is 6.54 Å². The second kappa shape index (κ2) is 6.76. The number of aromatic nitrogens is 1. The Morgan fingerprint density at radius 2 is 2.35 bits per heavy atom. The molecule has 0 spiro atoms. The molecule has 1 fully saturated rings. The Hall–Kier alpha value is -0.0600. The molecule has 0 aromatic carbocycles. The van der Waals surface area contributed by atoms with Crippen LogP contribution in [0.25, 0.3) is 0 Å². The van der Waals surface area contributed by atoms with Gasteiger partial charge in [0.2, 0.25) is 0 Å². The normalized spacial score (nSPS) is 24.1. The zero-order chi connectivity index (χ0) is 12.1. The van der Waals surface area contributed by atoms with Crippen LogP contribution in [0.3, 0.4) is 0 Å². The summed E-state index contributed by atoms with van der Waals surface area (Å²) in [6, 6.07) is 6.76. The monoisotopic (exact) mass is 314 g/mol. The molecule has 1 saturated carbocycles. The lowest BCUT2D eigenvalue weighted by atomic mass is 10.2. The van der Waals surface area contributed by atoms with Crippen molar-refractivity contribution in [1.29, 1.82) is 0 Å². The van der Waals surface area contributed by atoms with Crippen LogP contribution in [0, 0.1) is 0 Å². The Bertz CT molecular complexity index is 359. The first-order valence-electron chi connectivity index (χ1n) is 6.26. The van der Waals surface area contributed by atoms with Crippen molar-refractivity contribution in [2.45, 2.75) is 44.0 Å². The lowest BCUT2D eigenvalue weighted by Gasteiger charge is -2.19. The first kappa shape index (κ1) is 13.4. The summed E-state index contributed by atoms with van der Waals surface area (Å²) >= 11 is 5.50. The summed E-state index contributed by atoms with van der Waals surface area (Å²) < 4.78 is 0.919. The van der Waals surface area contributed by atoms with Crippen LogP contribution in [0.2, 0.25) is 0 Å². The molecule has 94 valence electrons. The number of rotatable bonds is 5. The van der Waals surface area contributed by atoms with E-state index in [0.29, 0.717) is 6.04 Å². The van der Waals surface area contributed by atoms with Crippen molar-refractivity contribution in [3.63, 3.8) is 0 Å². The molecule has 0 amide bonds. The van der Waals surface area contributed by atoms with Gasteiger partial charge in [-0.05, 0) is 46.7 Å². The number of pyridine rings is 1. The van der Waals surface area contributed by atoms with Crippen molar-refractivity contribution < 1.29 is 0 Å². The molecular formula is C13H19BrN2S.